The zero-order valence-electron chi connectivity index (χ0n) is 30.0. The third-order valence-electron chi connectivity index (χ3n) is 7.48. The summed E-state index contributed by atoms with van der Waals surface area (Å²) in [7, 11) is 0. The minimum absolute atomic E-state index is 0.0510. The zero-order chi connectivity index (χ0) is 38.3. The molecule has 3 aromatic rings. The third-order valence-corrected chi connectivity index (χ3v) is 7.48. The maximum absolute atomic E-state index is 13.0. The van der Waals surface area contributed by atoms with Gasteiger partial charge in [-0.1, -0.05) is 13.2 Å². The molecule has 0 atom stereocenters. The van der Waals surface area contributed by atoms with E-state index < -0.39 is 29.8 Å². The summed E-state index contributed by atoms with van der Waals surface area (Å²) in [5, 5.41) is 0. The van der Waals surface area contributed by atoms with Crippen LogP contribution in [0.5, 0.6) is 23.0 Å². The zero-order valence-corrected chi connectivity index (χ0v) is 30.0. The molecule has 0 unspecified atom stereocenters. The molecule has 0 spiro atoms. The smallest absolute Gasteiger partial charge is 0.343 e. The fraction of sp³-hybridized carbons (Fsp3) is 0.341. The van der Waals surface area contributed by atoms with Crippen LogP contribution in [0.4, 0.5) is 0 Å². The highest BCUT2D eigenvalue weighted by molar-refractivity contribution is 5.97. The van der Waals surface area contributed by atoms with Gasteiger partial charge in [0.05, 0.1) is 44.2 Å². The summed E-state index contributed by atoms with van der Waals surface area (Å²) in [4.78, 5) is 60.8. The summed E-state index contributed by atoms with van der Waals surface area (Å²) in [6.07, 6.45) is 9.03. The van der Waals surface area contributed by atoms with Gasteiger partial charge in [-0.3, -0.25) is 0 Å². The molecule has 12 nitrogen and oxygen atoms in total. The number of carbonyl (C=O) groups excluding carboxylic acids is 5. The molecule has 0 bridgehead atoms. The molecule has 0 aliphatic heterocycles. The molecule has 3 rings (SSSR count). The Morgan fingerprint density at radius 3 is 1.40 bits per heavy atom. The predicted molar refractivity (Wildman–Crippen MR) is 195 cm³/mol. The van der Waals surface area contributed by atoms with E-state index in [1.54, 1.807) is 55.5 Å². The van der Waals surface area contributed by atoms with Crippen molar-refractivity contribution in [2.75, 3.05) is 33.0 Å². The van der Waals surface area contributed by atoms with Crippen molar-refractivity contribution in [3.63, 3.8) is 0 Å². The Bertz CT molecular complexity index is 1660. The fourth-order valence-corrected chi connectivity index (χ4v) is 4.69. The highest BCUT2D eigenvalue weighted by Gasteiger charge is 2.20. The number of hydrogen-bond donors (Lipinski definition) is 0. The highest BCUT2D eigenvalue weighted by Crippen LogP contribution is 2.27. The lowest BCUT2D eigenvalue weighted by Gasteiger charge is -2.12. The first-order valence-electron chi connectivity index (χ1n) is 17.5. The Morgan fingerprint density at radius 2 is 0.943 bits per heavy atom. The molecule has 282 valence electrons. The van der Waals surface area contributed by atoms with Crippen LogP contribution in [-0.4, -0.2) is 62.9 Å². The van der Waals surface area contributed by atoms with Crippen molar-refractivity contribution in [2.45, 2.75) is 58.3 Å². The Hall–Kier alpha value is -5.91. The Balaban J connectivity index is 1.48. The molecule has 0 saturated heterocycles. The molecular weight excluding hydrogens is 684 g/mol. The number of carbonyl (C=O) groups is 5. The molecule has 3 aromatic carbocycles. The van der Waals surface area contributed by atoms with Crippen LogP contribution in [0.2, 0.25) is 0 Å². The quantitative estimate of drug-likeness (QED) is 0.0293. The van der Waals surface area contributed by atoms with E-state index in [0.29, 0.717) is 37.9 Å². The van der Waals surface area contributed by atoms with Gasteiger partial charge in [-0.15, -0.1) is 0 Å². The van der Waals surface area contributed by atoms with E-state index in [4.69, 9.17) is 33.2 Å². The molecule has 0 amide bonds. The van der Waals surface area contributed by atoms with Gasteiger partial charge >= 0.3 is 29.8 Å². The van der Waals surface area contributed by atoms with Crippen molar-refractivity contribution in [2.24, 2.45) is 0 Å². The summed E-state index contributed by atoms with van der Waals surface area (Å²) in [6.45, 7) is 10.1. The fourth-order valence-electron chi connectivity index (χ4n) is 4.69. The minimum atomic E-state index is -0.757. The standard InChI is InChI=1S/C41H46O12/c1-4-37(42)50-27-13-9-7-11-25-48-32-19-15-30(16-20-32)39(44)52-34-23-24-36(35(29-34)41(46)47-6-3)53-40(45)31-17-21-33(22-18-31)49-26-12-8-10-14-28-51-38(43)5-2/h4-5,15-24,29H,1-2,6-14,25-28H2,3H3. The van der Waals surface area contributed by atoms with Crippen molar-refractivity contribution >= 4 is 29.8 Å². The van der Waals surface area contributed by atoms with Crippen LogP contribution < -0.4 is 18.9 Å². The van der Waals surface area contributed by atoms with Crippen LogP contribution in [0.25, 0.3) is 0 Å². The molecule has 0 saturated carbocycles. The van der Waals surface area contributed by atoms with Crippen LogP contribution in [0.1, 0.15) is 89.4 Å². The first-order valence-corrected chi connectivity index (χ1v) is 17.5. The largest absolute Gasteiger partial charge is 0.494 e. The Kier molecular flexibility index (Phi) is 18.4. The molecule has 0 fully saturated rings. The average Bonchev–Trinajstić information content (AvgIpc) is 3.17. The molecule has 0 radical (unpaired) electrons. The van der Waals surface area contributed by atoms with Crippen molar-refractivity contribution in [3.8, 4) is 23.0 Å². The number of esters is 5. The molecule has 0 N–H and O–H groups in total. The molecular formula is C41H46O12. The number of ether oxygens (including phenoxy) is 7. The van der Waals surface area contributed by atoms with Crippen molar-refractivity contribution in [1.82, 2.24) is 0 Å². The maximum Gasteiger partial charge on any atom is 0.343 e. The summed E-state index contributed by atoms with van der Waals surface area (Å²) >= 11 is 0. The first-order chi connectivity index (χ1) is 25.7. The second kappa shape index (κ2) is 23.5. The second-order valence-corrected chi connectivity index (χ2v) is 11.5. The average molecular weight is 731 g/mol. The van der Waals surface area contributed by atoms with E-state index in [1.165, 1.54) is 18.2 Å². The highest BCUT2D eigenvalue weighted by atomic mass is 16.6. The maximum atomic E-state index is 13.0. The van der Waals surface area contributed by atoms with E-state index in [2.05, 4.69) is 13.2 Å². The van der Waals surface area contributed by atoms with Crippen molar-refractivity contribution < 1.29 is 57.1 Å². The second-order valence-electron chi connectivity index (χ2n) is 11.5. The Labute approximate surface area is 309 Å². The van der Waals surface area contributed by atoms with Crippen LogP contribution in [0.3, 0.4) is 0 Å². The molecule has 12 heteroatoms. The number of hydrogen-bond acceptors (Lipinski definition) is 12. The molecule has 0 aromatic heterocycles. The van der Waals surface area contributed by atoms with E-state index in [1.807, 2.05) is 0 Å². The molecule has 0 aliphatic rings. The van der Waals surface area contributed by atoms with Gasteiger partial charge in [0.2, 0.25) is 0 Å². The van der Waals surface area contributed by atoms with Gasteiger partial charge in [-0.2, -0.15) is 0 Å². The van der Waals surface area contributed by atoms with Crippen molar-refractivity contribution in [1.29, 1.82) is 0 Å². The van der Waals surface area contributed by atoms with Crippen LogP contribution in [0.15, 0.2) is 92.0 Å². The predicted octanol–water partition coefficient (Wildman–Crippen LogP) is 7.64. The molecule has 53 heavy (non-hydrogen) atoms. The summed E-state index contributed by atoms with van der Waals surface area (Å²) in [5.41, 5.74) is 0.398. The first kappa shape index (κ1) is 41.5. The Morgan fingerprint density at radius 1 is 0.509 bits per heavy atom. The van der Waals surface area contributed by atoms with Crippen LogP contribution in [-0.2, 0) is 23.8 Å². The summed E-state index contributed by atoms with van der Waals surface area (Å²) < 4.78 is 37.6. The normalized spacial score (nSPS) is 10.4. The number of rotatable bonds is 24. The van der Waals surface area contributed by atoms with Gasteiger partial charge in [-0.25, -0.2) is 24.0 Å². The SMILES string of the molecule is C=CC(=O)OCCCCCCOc1ccc(C(=O)Oc2ccc(OC(=O)c3ccc(OCCCCCCOC(=O)C=C)cc3)c(C(=O)OCC)c2)cc1. The van der Waals surface area contributed by atoms with Gasteiger partial charge < -0.3 is 33.2 Å². The molecule has 0 heterocycles. The number of benzene rings is 3. The van der Waals surface area contributed by atoms with Gasteiger partial charge in [-0.05, 0) is 125 Å². The lowest BCUT2D eigenvalue weighted by molar-refractivity contribution is -0.138. The monoisotopic (exact) mass is 730 g/mol. The van der Waals surface area contributed by atoms with E-state index in [-0.39, 0.29) is 34.8 Å². The minimum Gasteiger partial charge on any atom is -0.494 e. The van der Waals surface area contributed by atoms with E-state index in [9.17, 15) is 24.0 Å². The van der Waals surface area contributed by atoms with E-state index >= 15 is 0 Å². The lowest BCUT2D eigenvalue weighted by Crippen LogP contribution is -2.14. The van der Waals surface area contributed by atoms with Crippen LogP contribution >= 0.6 is 0 Å². The van der Waals surface area contributed by atoms with Gasteiger partial charge in [0.1, 0.15) is 28.6 Å². The third kappa shape index (κ3) is 15.5. The van der Waals surface area contributed by atoms with Gasteiger partial charge in [0, 0.05) is 12.2 Å². The van der Waals surface area contributed by atoms with E-state index in [0.717, 1.165) is 63.5 Å². The van der Waals surface area contributed by atoms with Gasteiger partial charge in [0.15, 0.2) is 0 Å². The lowest BCUT2D eigenvalue weighted by atomic mass is 10.1. The topological polar surface area (TPSA) is 150 Å². The molecule has 0 aliphatic carbocycles. The summed E-state index contributed by atoms with van der Waals surface area (Å²) in [6, 6.07) is 16.9. The number of unbranched alkanes of at least 4 members (excludes halogenated alkanes) is 6. The summed E-state index contributed by atoms with van der Waals surface area (Å²) in [5.74, 6) is -1.82. The van der Waals surface area contributed by atoms with Crippen LogP contribution in [0, 0.1) is 0 Å². The van der Waals surface area contributed by atoms with Crippen molar-refractivity contribution in [3.05, 3.63) is 109 Å². The van der Waals surface area contributed by atoms with Gasteiger partial charge in [0.25, 0.3) is 0 Å².